The second kappa shape index (κ2) is 5.05. The zero-order chi connectivity index (χ0) is 7.52. The van der Waals surface area contributed by atoms with Crippen molar-refractivity contribution in [1.82, 2.24) is 10.2 Å². The highest BCUT2D eigenvalue weighted by atomic mass is 35.5. The van der Waals surface area contributed by atoms with Crippen molar-refractivity contribution >= 4 is 12.4 Å². The van der Waals surface area contributed by atoms with Gasteiger partial charge in [-0.15, -0.1) is 12.4 Å². The minimum atomic E-state index is 0. The van der Waals surface area contributed by atoms with E-state index in [2.05, 4.69) is 10.2 Å². The minimum Gasteiger partial charge on any atom is -0.316 e. The van der Waals surface area contributed by atoms with Gasteiger partial charge in [-0.3, -0.25) is 0 Å². The number of nitrogens with zero attached hydrogens (tertiary/aromatic N) is 1. The van der Waals surface area contributed by atoms with Gasteiger partial charge >= 0.3 is 0 Å². The van der Waals surface area contributed by atoms with Gasteiger partial charge < -0.3 is 10.2 Å². The molecule has 0 saturated carbocycles. The van der Waals surface area contributed by atoms with E-state index in [0.29, 0.717) is 0 Å². The molecule has 1 N–H and O–H groups in total. The van der Waals surface area contributed by atoms with Gasteiger partial charge in [-0.25, -0.2) is 0 Å². The Hall–Kier alpha value is 0.210. The number of piperidine rings is 1. The van der Waals surface area contributed by atoms with E-state index < -0.39 is 0 Å². The molecule has 0 aromatic carbocycles. The van der Waals surface area contributed by atoms with Gasteiger partial charge in [0.15, 0.2) is 0 Å². The fraction of sp³-hybridized carbons (Fsp3) is 1.00. The summed E-state index contributed by atoms with van der Waals surface area (Å²) in [5.74, 6) is 0.966. The summed E-state index contributed by atoms with van der Waals surface area (Å²) in [5, 5.41) is 3.32. The van der Waals surface area contributed by atoms with Crippen molar-refractivity contribution in [2.75, 3.05) is 32.7 Å². The number of rotatable bonds is 2. The third-order valence-electron chi connectivity index (χ3n) is 2.83. The van der Waals surface area contributed by atoms with Crippen LogP contribution in [0.5, 0.6) is 0 Å². The molecule has 0 unspecified atom stereocenters. The average molecular weight is 191 g/mol. The number of nitrogens with one attached hydrogen (secondary N) is 1. The summed E-state index contributed by atoms with van der Waals surface area (Å²) in [6, 6.07) is 0. The normalized spacial score (nSPS) is 26.0. The summed E-state index contributed by atoms with van der Waals surface area (Å²) in [4.78, 5) is 2.63. The molecule has 0 aliphatic carbocycles. The van der Waals surface area contributed by atoms with Crippen LogP contribution in [0.3, 0.4) is 0 Å². The van der Waals surface area contributed by atoms with Gasteiger partial charge in [0.05, 0.1) is 0 Å². The summed E-state index contributed by atoms with van der Waals surface area (Å²) in [5.41, 5.74) is 0. The first-order valence-corrected chi connectivity index (χ1v) is 4.88. The molecule has 2 nitrogen and oxygen atoms in total. The Morgan fingerprint density at radius 1 is 1.08 bits per heavy atom. The van der Waals surface area contributed by atoms with Gasteiger partial charge in [0.2, 0.25) is 0 Å². The van der Waals surface area contributed by atoms with Crippen LogP contribution in [0.4, 0.5) is 0 Å². The molecule has 0 spiro atoms. The Bertz CT molecular complexity index is 120. The smallest absolute Gasteiger partial charge is 0.00340 e. The van der Waals surface area contributed by atoms with Crippen LogP contribution in [0.15, 0.2) is 0 Å². The highest BCUT2D eigenvalue weighted by Gasteiger charge is 2.20. The second-order valence-corrected chi connectivity index (χ2v) is 3.89. The van der Waals surface area contributed by atoms with Crippen LogP contribution in [0.2, 0.25) is 0 Å². The Morgan fingerprint density at radius 2 is 1.75 bits per heavy atom. The molecule has 2 heterocycles. The monoisotopic (exact) mass is 190 g/mol. The van der Waals surface area contributed by atoms with Crippen LogP contribution < -0.4 is 5.32 Å². The Morgan fingerprint density at radius 3 is 2.25 bits per heavy atom. The number of hydrogen-bond donors (Lipinski definition) is 1. The highest BCUT2D eigenvalue weighted by Crippen LogP contribution is 2.12. The van der Waals surface area contributed by atoms with Crippen molar-refractivity contribution in [3.8, 4) is 0 Å². The van der Waals surface area contributed by atoms with E-state index in [0.717, 1.165) is 5.92 Å². The van der Waals surface area contributed by atoms with Gasteiger partial charge in [0.1, 0.15) is 0 Å². The molecule has 12 heavy (non-hydrogen) atoms. The molecule has 2 aliphatic rings. The minimum absolute atomic E-state index is 0. The largest absolute Gasteiger partial charge is 0.316 e. The summed E-state index contributed by atoms with van der Waals surface area (Å²) in [6.45, 7) is 6.59. The SMILES string of the molecule is C1CCN(CC2CNC2)CC1.Cl. The maximum absolute atomic E-state index is 3.32. The third-order valence-corrected chi connectivity index (χ3v) is 2.83. The van der Waals surface area contributed by atoms with E-state index in [4.69, 9.17) is 0 Å². The number of halogens is 1. The molecular weight excluding hydrogens is 172 g/mol. The number of likely N-dealkylation sites (tertiary alicyclic amines) is 1. The maximum Gasteiger partial charge on any atom is 0.00340 e. The lowest BCUT2D eigenvalue weighted by molar-refractivity contribution is 0.167. The van der Waals surface area contributed by atoms with Crippen molar-refractivity contribution in [3.63, 3.8) is 0 Å². The van der Waals surface area contributed by atoms with E-state index in [1.807, 2.05) is 0 Å². The van der Waals surface area contributed by atoms with Crippen LogP contribution in [0.25, 0.3) is 0 Å². The summed E-state index contributed by atoms with van der Waals surface area (Å²) in [6.07, 6.45) is 4.32. The average Bonchev–Trinajstić information content (AvgIpc) is 1.99. The molecule has 0 aromatic heterocycles. The standard InChI is InChI=1S/C9H18N2.ClH/c1-2-4-11(5-3-1)8-9-6-10-7-9;/h9-10H,1-8H2;1H. The van der Waals surface area contributed by atoms with E-state index in [-0.39, 0.29) is 12.4 Å². The van der Waals surface area contributed by atoms with Crippen LogP contribution in [-0.4, -0.2) is 37.6 Å². The van der Waals surface area contributed by atoms with Crippen LogP contribution >= 0.6 is 12.4 Å². The summed E-state index contributed by atoms with van der Waals surface area (Å²) < 4.78 is 0. The van der Waals surface area contributed by atoms with Gasteiger partial charge in [-0.2, -0.15) is 0 Å². The molecule has 0 radical (unpaired) electrons. The van der Waals surface area contributed by atoms with Gasteiger partial charge in [-0.1, -0.05) is 6.42 Å². The summed E-state index contributed by atoms with van der Waals surface area (Å²) in [7, 11) is 0. The van der Waals surface area contributed by atoms with Crippen LogP contribution in [-0.2, 0) is 0 Å². The topological polar surface area (TPSA) is 15.3 Å². The Balaban J connectivity index is 0.000000720. The lowest BCUT2D eigenvalue weighted by Gasteiger charge is -2.35. The molecule has 0 bridgehead atoms. The molecule has 72 valence electrons. The fourth-order valence-corrected chi connectivity index (χ4v) is 1.98. The fourth-order valence-electron chi connectivity index (χ4n) is 1.98. The van der Waals surface area contributed by atoms with Gasteiger partial charge in [0.25, 0.3) is 0 Å². The molecule has 0 amide bonds. The zero-order valence-corrected chi connectivity index (χ0v) is 8.41. The quantitative estimate of drug-likeness (QED) is 0.702. The zero-order valence-electron chi connectivity index (χ0n) is 7.59. The molecule has 0 atom stereocenters. The Kier molecular flexibility index (Phi) is 4.33. The maximum atomic E-state index is 3.32. The number of hydrogen-bond acceptors (Lipinski definition) is 2. The highest BCUT2D eigenvalue weighted by molar-refractivity contribution is 5.85. The molecule has 2 fully saturated rings. The van der Waals surface area contributed by atoms with Crippen molar-refractivity contribution in [1.29, 1.82) is 0 Å². The van der Waals surface area contributed by atoms with Crippen molar-refractivity contribution in [2.45, 2.75) is 19.3 Å². The molecule has 0 aromatic rings. The second-order valence-electron chi connectivity index (χ2n) is 3.89. The van der Waals surface area contributed by atoms with Gasteiger partial charge in [-0.05, 0) is 31.8 Å². The Labute approximate surface area is 81.1 Å². The van der Waals surface area contributed by atoms with Crippen molar-refractivity contribution < 1.29 is 0 Å². The van der Waals surface area contributed by atoms with E-state index in [1.54, 1.807) is 0 Å². The van der Waals surface area contributed by atoms with Crippen molar-refractivity contribution in [3.05, 3.63) is 0 Å². The summed E-state index contributed by atoms with van der Waals surface area (Å²) >= 11 is 0. The van der Waals surface area contributed by atoms with E-state index in [9.17, 15) is 0 Å². The first-order chi connectivity index (χ1) is 5.45. The molecular formula is C9H19ClN2. The molecule has 2 saturated heterocycles. The molecule has 2 rings (SSSR count). The first kappa shape index (κ1) is 10.3. The van der Waals surface area contributed by atoms with Crippen molar-refractivity contribution in [2.24, 2.45) is 5.92 Å². The van der Waals surface area contributed by atoms with E-state index in [1.165, 1.54) is 52.0 Å². The van der Waals surface area contributed by atoms with Gasteiger partial charge in [0, 0.05) is 19.6 Å². The predicted octanol–water partition coefficient (Wildman–Crippen LogP) is 1.11. The lowest BCUT2D eigenvalue weighted by Crippen LogP contribution is -2.49. The van der Waals surface area contributed by atoms with Crippen LogP contribution in [0, 0.1) is 5.92 Å². The van der Waals surface area contributed by atoms with E-state index >= 15 is 0 Å². The third kappa shape index (κ3) is 2.61. The predicted molar refractivity (Wildman–Crippen MR) is 53.9 cm³/mol. The van der Waals surface area contributed by atoms with Crippen LogP contribution in [0.1, 0.15) is 19.3 Å². The first-order valence-electron chi connectivity index (χ1n) is 4.88. The lowest BCUT2D eigenvalue weighted by atomic mass is 10.0. The molecule has 2 aliphatic heterocycles. The molecule has 3 heteroatoms.